The maximum Gasteiger partial charge on any atom is 0.235 e. The van der Waals surface area contributed by atoms with E-state index in [-0.39, 0.29) is 11.7 Å². The molecule has 1 saturated heterocycles. The number of benzene rings is 1. The van der Waals surface area contributed by atoms with Gasteiger partial charge in [0.25, 0.3) is 0 Å². The van der Waals surface area contributed by atoms with Crippen LogP contribution in [0.2, 0.25) is 0 Å². The fraction of sp³-hybridized carbons (Fsp3) is 0.556. The van der Waals surface area contributed by atoms with Crippen LogP contribution in [0.4, 0.5) is 5.69 Å². The van der Waals surface area contributed by atoms with E-state index < -0.39 is 5.54 Å². The molecule has 0 spiro atoms. The number of nitriles is 1. The number of amides is 1. The molecule has 6 heteroatoms. The number of piperazine rings is 1. The van der Waals surface area contributed by atoms with Gasteiger partial charge in [0.1, 0.15) is 11.3 Å². The summed E-state index contributed by atoms with van der Waals surface area (Å²) in [5.41, 5.74) is 0.113. The van der Waals surface area contributed by atoms with Crippen LogP contribution < -0.4 is 10.2 Å². The highest BCUT2D eigenvalue weighted by atomic mass is 16.3. The maximum atomic E-state index is 12.3. The minimum atomic E-state index is -0.727. The molecule has 2 N–H and O–H groups in total. The third-order valence-corrected chi connectivity index (χ3v) is 4.99. The minimum absolute atomic E-state index is 0.0815. The Morgan fingerprint density at radius 2 is 2.00 bits per heavy atom. The third-order valence-electron chi connectivity index (χ3n) is 4.99. The van der Waals surface area contributed by atoms with Gasteiger partial charge in [-0.3, -0.25) is 9.69 Å². The van der Waals surface area contributed by atoms with Crippen molar-refractivity contribution >= 4 is 11.6 Å². The number of para-hydroxylation sites is 2. The average molecular weight is 328 g/mol. The molecule has 1 aliphatic carbocycles. The number of phenols is 1. The Labute approximate surface area is 142 Å². The topological polar surface area (TPSA) is 79.6 Å². The monoisotopic (exact) mass is 328 g/mol. The van der Waals surface area contributed by atoms with Crippen LogP contribution in [0.15, 0.2) is 24.3 Å². The molecule has 24 heavy (non-hydrogen) atoms. The lowest BCUT2D eigenvalue weighted by atomic mass is 9.98. The number of hydrogen-bond donors (Lipinski definition) is 2. The normalized spacial score (nSPS) is 20.9. The van der Waals surface area contributed by atoms with Gasteiger partial charge in [0.2, 0.25) is 5.91 Å². The van der Waals surface area contributed by atoms with Gasteiger partial charge in [-0.15, -0.1) is 0 Å². The Balaban J connectivity index is 1.50. The standard InChI is InChI=1S/C18H24N4O2/c1-18(13-19,14-6-7-14)20-17(24)12-21-8-10-22(11-9-21)15-4-2-3-5-16(15)23/h2-5,14,23H,6-12H2,1H3,(H,20,24)/t18-/m1/s1. The molecule has 0 unspecified atom stereocenters. The molecule has 2 aliphatic rings. The summed E-state index contributed by atoms with van der Waals surface area (Å²) >= 11 is 0. The van der Waals surface area contributed by atoms with E-state index in [9.17, 15) is 15.2 Å². The van der Waals surface area contributed by atoms with Crippen molar-refractivity contribution < 1.29 is 9.90 Å². The van der Waals surface area contributed by atoms with Gasteiger partial charge >= 0.3 is 0 Å². The van der Waals surface area contributed by atoms with E-state index in [4.69, 9.17) is 0 Å². The van der Waals surface area contributed by atoms with Gasteiger partial charge in [-0.1, -0.05) is 12.1 Å². The van der Waals surface area contributed by atoms with Crippen LogP contribution in [0.25, 0.3) is 0 Å². The number of aromatic hydroxyl groups is 1. The summed E-state index contributed by atoms with van der Waals surface area (Å²) in [6, 6.07) is 9.58. The first kappa shape index (κ1) is 16.6. The zero-order valence-electron chi connectivity index (χ0n) is 14.0. The van der Waals surface area contributed by atoms with Gasteiger partial charge < -0.3 is 15.3 Å². The average Bonchev–Trinajstić information content (AvgIpc) is 3.41. The van der Waals surface area contributed by atoms with Gasteiger partial charge in [-0.05, 0) is 37.8 Å². The van der Waals surface area contributed by atoms with Crippen LogP contribution in [-0.2, 0) is 4.79 Å². The number of rotatable bonds is 5. The Bertz CT molecular complexity index is 645. The Kier molecular flexibility index (Phi) is 4.63. The molecule has 3 rings (SSSR count). The van der Waals surface area contributed by atoms with Crippen molar-refractivity contribution in [2.75, 3.05) is 37.6 Å². The number of carbonyl (C=O) groups is 1. The van der Waals surface area contributed by atoms with Crippen molar-refractivity contribution in [1.29, 1.82) is 5.26 Å². The van der Waals surface area contributed by atoms with Crippen LogP contribution in [0, 0.1) is 17.2 Å². The van der Waals surface area contributed by atoms with E-state index in [1.165, 1.54) is 0 Å². The highest BCUT2D eigenvalue weighted by Gasteiger charge is 2.43. The van der Waals surface area contributed by atoms with Gasteiger partial charge in [0.05, 0.1) is 18.3 Å². The fourth-order valence-electron chi connectivity index (χ4n) is 3.29. The summed E-state index contributed by atoms with van der Waals surface area (Å²) in [6.07, 6.45) is 2.03. The summed E-state index contributed by atoms with van der Waals surface area (Å²) in [5.74, 6) is 0.504. The lowest BCUT2D eigenvalue weighted by Gasteiger charge is -2.36. The second-order valence-corrected chi connectivity index (χ2v) is 6.89. The first-order valence-corrected chi connectivity index (χ1v) is 8.49. The van der Waals surface area contributed by atoms with Crippen LogP contribution in [0.5, 0.6) is 5.75 Å². The molecule has 128 valence electrons. The quantitative estimate of drug-likeness (QED) is 0.852. The van der Waals surface area contributed by atoms with E-state index in [1.807, 2.05) is 25.1 Å². The predicted octanol–water partition coefficient (Wildman–Crippen LogP) is 1.32. The Morgan fingerprint density at radius 3 is 2.58 bits per heavy atom. The molecule has 1 heterocycles. The van der Waals surface area contributed by atoms with E-state index in [2.05, 4.69) is 21.2 Å². The summed E-state index contributed by atoms with van der Waals surface area (Å²) in [6.45, 7) is 5.19. The molecular formula is C18H24N4O2. The minimum Gasteiger partial charge on any atom is -0.506 e. The summed E-state index contributed by atoms with van der Waals surface area (Å²) in [4.78, 5) is 16.5. The first-order valence-electron chi connectivity index (χ1n) is 8.49. The Morgan fingerprint density at radius 1 is 1.33 bits per heavy atom. The number of carbonyl (C=O) groups excluding carboxylic acids is 1. The Hall–Kier alpha value is -2.26. The SMILES string of the molecule is C[C@](C#N)(NC(=O)CN1CCN(c2ccccc2O)CC1)C1CC1. The van der Waals surface area contributed by atoms with E-state index >= 15 is 0 Å². The lowest BCUT2D eigenvalue weighted by molar-refractivity contribution is -0.123. The zero-order chi connectivity index (χ0) is 17.2. The fourth-order valence-corrected chi connectivity index (χ4v) is 3.29. The second-order valence-electron chi connectivity index (χ2n) is 6.89. The molecule has 1 saturated carbocycles. The van der Waals surface area contributed by atoms with E-state index in [0.717, 1.165) is 44.7 Å². The number of phenolic OH excluding ortho intramolecular Hbond substituents is 1. The maximum absolute atomic E-state index is 12.3. The molecule has 1 aliphatic heterocycles. The van der Waals surface area contributed by atoms with Crippen LogP contribution in [0.1, 0.15) is 19.8 Å². The van der Waals surface area contributed by atoms with Crippen molar-refractivity contribution in [2.45, 2.75) is 25.3 Å². The zero-order valence-corrected chi connectivity index (χ0v) is 14.0. The van der Waals surface area contributed by atoms with Crippen LogP contribution >= 0.6 is 0 Å². The first-order chi connectivity index (χ1) is 11.5. The highest BCUT2D eigenvalue weighted by molar-refractivity contribution is 5.79. The van der Waals surface area contributed by atoms with Gasteiger partial charge in [0.15, 0.2) is 0 Å². The van der Waals surface area contributed by atoms with Crippen molar-refractivity contribution in [3.63, 3.8) is 0 Å². The second kappa shape index (κ2) is 6.70. The smallest absolute Gasteiger partial charge is 0.235 e. The van der Waals surface area contributed by atoms with Gasteiger partial charge in [-0.2, -0.15) is 5.26 Å². The van der Waals surface area contributed by atoms with Crippen molar-refractivity contribution in [1.82, 2.24) is 10.2 Å². The lowest BCUT2D eigenvalue weighted by Crippen LogP contribution is -2.53. The molecule has 6 nitrogen and oxygen atoms in total. The number of anilines is 1. The summed E-state index contributed by atoms with van der Waals surface area (Å²) in [7, 11) is 0. The highest BCUT2D eigenvalue weighted by Crippen LogP contribution is 2.39. The predicted molar refractivity (Wildman–Crippen MR) is 91.6 cm³/mol. The van der Waals surface area contributed by atoms with Crippen LogP contribution in [0.3, 0.4) is 0 Å². The molecule has 1 atom stereocenters. The molecule has 0 radical (unpaired) electrons. The summed E-state index contributed by atoms with van der Waals surface area (Å²) in [5, 5.41) is 22.2. The largest absolute Gasteiger partial charge is 0.506 e. The molecule has 2 fully saturated rings. The van der Waals surface area contributed by atoms with E-state index in [1.54, 1.807) is 6.07 Å². The van der Waals surface area contributed by atoms with Crippen molar-refractivity contribution in [3.05, 3.63) is 24.3 Å². The van der Waals surface area contributed by atoms with Crippen molar-refractivity contribution in [3.8, 4) is 11.8 Å². The number of hydrogen-bond acceptors (Lipinski definition) is 5. The van der Waals surface area contributed by atoms with E-state index in [0.29, 0.717) is 12.5 Å². The molecular weight excluding hydrogens is 304 g/mol. The summed E-state index contributed by atoms with van der Waals surface area (Å²) < 4.78 is 0. The third kappa shape index (κ3) is 3.62. The van der Waals surface area contributed by atoms with Gasteiger partial charge in [0, 0.05) is 26.2 Å². The molecule has 1 aromatic rings. The molecule has 1 aromatic carbocycles. The molecule has 0 bridgehead atoms. The van der Waals surface area contributed by atoms with Crippen molar-refractivity contribution in [2.24, 2.45) is 5.92 Å². The molecule has 0 aromatic heterocycles. The van der Waals surface area contributed by atoms with Gasteiger partial charge in [-0.25, -0.2) is 0 Å². The molecule has 1 amide bonds. The van der Waals surface area contributed by atoms with Crippen LogP contribution in [-0.4, -0.2) is 54.2 Å². The number of nitrogens with one attached hydrogen (secondary N) is 1. The number of nitrogens with zero attached hydrogens (tertiary/aromatic N) is 3.